The summed E-state index contributed by atoms with van der Waals surface area (Å²) in [4.78, 5) is 15.8. The molecule has 1 atom stereocenters. The van der Waals surface area contributed by atoms with Crippen molar-refractivity contribution >= 4 is 11.5 Å². The third-order valence-electron chi connectivity index (χ3n) is 2.22. The first-order valence-electron chi connectivity index (χ1n) is 4.63. The topological polar surface area (TPSA) is 53.2 Å². The minimum absolute atomic E-state index is 0.193. The first kappa shape index (κ1) is 11.1. The van der Waals surface area contributed by atoms with E-state index >= 15 is 0 Å². The monoisotopic (exact) mass is 200 g/mol. The van der Waals surface area contributed by atoms with Crippen LogP contribution in [0.1, 0.15) is 17.3 Å². The van der Waals surface area contributed by atoms with Crippen LogP contribution in [0.4, 0.5) is 0 Å². The summed E-state index contributed by atoms with van der Waals surface area (Å²) in [6.07, 6.45) is 0. The number of Topliss-reactive ketones (excluding diaryl/α,β-unsaturated/α-hetero) is 1. The third-order valence-corrected chi connectivity index (χ3v) is 2.22. The van der Waals surface area contributed by atoms with Gasteiger partial charge in [-0.2, -0.15) is 5.26 Å². The van der Waals surface area contributed by atoms with E-state index in [-0.39, 0.29) is 5.78 Å². The number of carbonyl (C=O) groups is 1. The fourth-order valence-electron chi connectivity index (χ4n) is 1.24. The number of nitriles is 1. The second kappa shape index (κ2) is 5.06. The lowest BCUT2D eigenvalue weighted by atomic mass is 9.95. The van der Waals surface area contributed by atoms with E-state index < -0.39 is 5.92 Å². The first-order valence-corrected chi connectivity index (χ1v) is 4.63. The van der Waals surface area contributed by atoms with Crippen molar-refractivity contribution in [3.63, 3.8) is 0 Å². The summed E-state index contributed by atoms with van der Waals surface area (Å²) >= 11 is 0. The van der Waals surface area contributed by atoms with Gasteiger partial charge in [-0.05, 0) is 6.92 Å². The van der Waals surface area contributed by atoms with Crippen molar-refractivity contribution in [2.24, 2.45) is 10.9 Å². The van der Waals surface area contributed by atoms with Crippen molar-refractivity contribution in [3.8, 4) is 6.07 Å². The number of ketones is 1. The average Bonchev–Trinajstić information content (AvgIpc) is 2.30. The van der Waals surface area contributed by atoms with Crippen LogP contribution in [-0.4, -0.2) is 18.5 Å². The lowest BCUT2D eigenvalue weighted by Gasteiger charge is -2.06. The molecule has 0 aliphatic rings. The SMILES string of the molecule is CN=C(C)C(C#N)C(=O)c1ccccc1. The van der Waals surface area contributed by atoms with Crippen molar-refractivity contribution < 1.29 is 4.79 Å². The molecule has 0 aliphatic heterocycles. The molecule has 0 spiro atoms. The maximum atomic E-state index is 11.9. The van der Waals surface area contributed by atoms with Gasteiger partial charge in [0.05, 0.1) is 6.07 Å². The maximum absolute atomic E-state index is 11.9. The molecule has 1 rings (SSSR count). The Labute approximate surface area is 89.1 Å². The number of nitrogens with zero attached hydrogens (tertiary/aromatic N) is 2. The highest BCUT2D eigenvalue weighted by Gasteiger charge is 2.21. The van der Waals surface area contributed by atoms with Crippen LogP contribution >= 0.6 is 0 Å². The van der Waals surface area contributed by atoms with Crippen LogP contribution in [0.25, 0.3) is 0 Å². The number of rotatable bonds is 3. The summed E-state index contributed by atoms with van der Waals surface area (Å²) in [5.74, 6) is -0.960. The molecule has 0 N–H and O–H groups in total. The molecular weight excluding hydrogens is 188 g/mol. The largest absolute Gasteiger partial charge is 0.296 e. The predicted octanol–water partition coefficient (Wildman–Crippen LogP) is 2.10. The molecule has 1 aromatic carbocycles. The molecule has 3 nitrogen and oxygen atoms in total. The summed E-state index contributed by atoms with van der Waals surface area (Å²) in [5, 5.41) is 8.91. The Morgan fingerprint density at radius 3 is 2.47 bits per heavy atom. The lowest BCUT2D eigenvalue weighted by molar-refractivity contribution is 0.0975. The number of benzene rings is 1. The second-order valence-corrected chi connectivity index (χ2v) is 3.16. The lowest BCUT2D eigenvalue weighted by Crippen LogP contribution is -2.20. The second-order valence-electron chi connectivity index (χ2n) is 3.16. The van der Waals surface area contributed by atoms with E-state index in [2.05, 4.69) is 4.99 Å². The number of hydrogen-bond acceptors (Lipinski definition) is 3. The Kier molecular flexibility index (Phi) is 3.75. The highest BCUT2D eigenvalue weighted by molar-refractivity contribution is 6.13. The molecule has 0 fully saturated rings. The van der Waals surface area contributed by atoms with E-state index in [4.69, 9.17) is 5.26 Å². The average molecular weight is 200 g/mol. The molecule has 0 aromatic heterocycles. The summed E-state index contributed by atoms with van der Waals surface area (Å²) in [6, 6.07) is 10.8. The quantitative estimate of drug-likeness (QED) is 0.554. The van der Waals surface area contributed by atoms with Gasteiger partial charge in [-0.1, -0.05) is 30.3 Å². The van der Waals surface area contributed by atoms with E-state index in [1.165, 1.54) is 0 Å². The zero-order valence-electron chi connectivity index (χ0n) is 8.77. The van der Waals surface area contributed by atoms with Crippen molar-refractivity contribution in [1.29, 1.82) is 5.26 Å². The van der Waals surface area contributed by atoms with E-state index in [9.17, 15) is 4.79 Å². The molecule has 0 aliphatic carbocycles. The van der Waals surface area contributed by atoms with Gasteiger partial charge >= 0.3 is 0 Å². The van der Waals surface area contributed by atoms with Crippen LogP contribution in [0.2, 0.25) is 0 Å². The van der Waals surface area contributed by atoms with Crippen molar-refractivity contribution in [2.45, 2.75) is 6.92 Å². The molecule has 1 aromatic rings. The van der Waals surface area contributed by atoms with E-state index in [0.29, 0.717) is 11.3 Å². The summed E-state index contributed by atoms with van der Waals surface area (Å²) < 4.78 is 0. The number of hydrogen-bond donors (Lipinski definition) is 0. The molecule has 0 saturated carbocycles. The van der Waals surface area contributed by atoms with Crippen molar-refractivity contribution in [2.75, 3.05) is 7.05 Å². The van der Waals surface area contributed by atoms with Gasteiger partial charge in [-0.3, -0.25) is 9.79 Å². The van der Waals surface area contributed by atoms with Gasteiger partial charge < -0.3 is 0 Å². The van der Waals surface area contributed by atoms with Crippen LogP contribution in [0.15, 0.2) is 35.3 Å². The highest BCUT2D eigenvalue weighted by atomic mass is 16.1. The minimum Gasteiger partial charge on any atom is -0.296 e. The molecule has 76 valence electrons. The van der Waals surface area contributed by atoms with Gasteiger partial charge in [-0.15, -0.1) is 0 Å². The minimum atomic E-state index is -0.766. The van der Waals surface area contributed by atoms with Crippen molar-refractivity contribution in [1.82, 2.24) is 0 Å². The molecule has 15 heavy (non-hydrogen) atoms. The molecule has 0 bridgehead atoms. The zero-order valence-corrected chi connectivity index (χ0v) is 8.77. The Morgan fingerprint density at radius 2 is 2.00 bits per heavy atom. The Morgan fingerprint density at radius 1 is 1.40 bits per heavy atom. The standard InChI is InChI=1S/C12H12N2O/c1-9(14-2)11(8-13)12(15)10-6-4-3-5-7-10/h3-7,11H,1-2H3. The van der Waals surface area contributed by atoms with Gasteiger partial charge in [0.1, 0.15) is 5.92 Å². The summed E-state index contributed by atoms with van der Waals surface area (Å²) in [7, 11) is 1.58. The van der Waals surface area contributed by atoms with Gasteiger partial charge in [0.25, 0.3) is 0 Å². The van der Waals surface area contributed by atoms with Gasteiger partial charge in [0.15, 0.2) is 5.78 Å². The van der Waals surface area contributed by atoms with Gasteiger partial charge in [-0.25, -0.2) is 0 Å². The fourth-order valence-corrected chi connectivity index (χ4v) is 1.24. The van der Waals surface area contributed by atoms with Crippen LogP contribution in [0.3, 0.4) is 0 Å². The first-order chi connectivity index (χ1) is 7.20. The van der Waals surface area contributed by atoms with Crippen LogP contribution in [0.5, 0.6) is 0 Å². The Balaban J connectivity index is 3.00. The van der Waals surface area contributed by atoms with Crippen LogP contribution < -0.4 is 0 Å². The number of aliphatic imine (C=N–C) groups is 1. The number of carbonyl (C=O) groups excluding carboxylic acids is 1. The maximum Gasteiger partial charge on any atom is 0.185 e. The Hall–Kier alpha value is -1.95. The third kappa shape index (κ3) is 2.50. The molecule has 3 heteroatoms. The normalized spacial score (nSPS) is 13.0. The molecule has 0 heterocycles. The highest BCUT2D eigenvalue weighted by Crippen LogP contribution is 2.10. The molecule has 1 unspecified atom stereocenters. The molecule has 0 radical (unpaired) electrons. The summed E-state index contributed by atoms with van der Waals surface area (Å²) in [6.45, 7) is 1.69. The predicted molar refractivity (Wildman–Crippen MR) is 58.9 cm³/mol. The fraction of sp³-hybridized carbons (Fsp3) is 0.250. The molecule has 0 saturated heterocycles. The van der Waals surface area contributed by atoms with E-state index in [1.54, 1.807) is 38.2 Å². The van der Waals surface area contributed by atoms with Crippen LogP contribution in [-0.2, 0) is 0 Å². The molecule has 0 amide bonds. The molecular formula is C12H12N2O. The smallest absolute Gasteiger partial charge is 0.185 e. The van der Waals surface area contributed by atoms with Crippen LogP contribution in [0, 0.1) is 17.2 Å². The van der Waals surface area contributed by atoms with Gasteiger partial charge in [0, 0.05) is 18.3 Å². The Bertz CT molecular complexity index is 415. The van der Waals surface area contributed by atoms with Crippen molar-refractivity contribution in [3.05, 3.63) is 35.9 Å². The summed E-state index contributed by atoms with van der Waals surface area (Å²) in [5.41, 5.74) is 1.10. The van der Waals surface area contributed by atoms with E-state index in [0.717, 1.165) is 0 Å². The zero-order chi connectivity index (χ0) is 11.3. The van der Waals surface area contributed by atoms with E-state index in [1.807, 2.05) is 12.1 Å². The van der Waals surface area contributed by atoms with Gasteiger partial charge in [0.2, 0.25) is 0 Å².